The highest BCUT2D eigenvalue weighted by atomic mass is 16.2. The van der Waals surface area contributed by atoms with Crippen LogP contribution in [0.3, 0.4) is 0 Å². The number of rotatable bonds is 0. The van der Waals surface area contributed by atoms with E-state index in [2.05, 4.69) is 10.3 Å². The first-order valence-corrected chi connectivity index (χ1v) is 4.10. The summed E-state index contributed by atoms with van der Waals surface area (Å²) in [6, 6.07) is 3.35. The van der Waals surface area contributed by atoms with Crippen LogP contribution < -0.4 is 11.1 Å². The third-order valence-electron chi connectivity index (χ3n) is 2.18. The Balaban J connectivity index is 2.66. The lowest BCUT2D eigenvalue weighted by atomic mass is 10.0. The molecule has 0 aromatic carbocycles. The number of aromatic nitrogens is 1. The van der Waals surface area contributed by atoms with Gasteiger partial charge < -0.3 is 11.1 Å². The minimum absolute atomic E-state index is 0.0764. The van der Waals surface area contributed by atoms with Gasteiger partial charge in [0.2, 0.25) is 0 Å². The molecule has 1 aliphatic rings. The fraction of sp³-hybridized carbons (Fsp3) is 0.333. The summed E-state index contributed by atoms with van der Waals surface area (Å²) in [4.78, 5) is 15.6. The summed E-state index contributed by atoms with van der Waals surface area (Å²) in [6.45, 7) is 3.81. The quantitative estimate of drug-likeness (QED) is 0.611. The van der Waals surface area contributed by atoms with E-state index >= 15 is 0 Å². The summed E-state index contributed by atoms with van der Waals surface area (Å²) in [5.41, 5.74) is 6.50. The van der Waals surface area contributed by atoms with E-state index in [1.807, 2.05) is 13.8 Å². The van der Waals surface area contributed by atoms with Gasteiger partial charge in [-0.2, -0.15) is 0 Å². The zero-order chi connectivity index (χ0) is 9.64. The van der Waals surface area contributed by atoms with Crippen molar-refractivity contribution < 1.29 is 4.79 Å². The van der Waals surface area contributed by atoms with Gasteiger partial charge in [-0.3, -0.25) is 4.79 Å². The summed E-state index contributed by atoms with van der Waals surface area (Å²) < 4.78 is 0. The fourth-order valence-corrected chi connectivity index (χ4v) is 1.54. The van der Waals surface area contributed by atoms with Crippen LogP contribution in [0.2, 0.25) is 0 Å². The molecule has 0 saturated heterocycles. The molecule has 0 fully saturated rings. The monoisotopic (exact) mass is 177 g/mol. The van der Waals surface area contributed by atoms with Crippen molar-refractivity contribution in [2.24, 2.45) is 0 Å². The van der Waals surface area contributed by atoms with E-state index in [1.54, 1.807) is 12.1 Å². The Morgan fingerprint density at radius 2 is 2.15 bits per heavy atom. The number of nitrogen functional groups attached to an aromatic ring is 1. The number of amides is 1. The van der Waals surface area contributed by atoms with E-state index in [0.29, 0.717) is 11.4 Å². The first kappa shape index (κ1) is 8.04. The predicted molar refractivity (Wildman–Crippen MR) is 49.1 cm³/mol. The van der Waals surface area contributed by atoms with Crippen molar-refractivity contribution in [1.82, 2.24) is 10.3 Å². The number of anilines is 1. The number of pyridine rings is 1. The summed E-state index contributed by atoms with van der Waals surface area (Å²) in [5, 5.41) is 2.83. The van der Waals surface area contributed by atoms with E-state index in [0.717, 1.165) is 5.69 Å². The van der Waals surface area contributed by atoms with Crippen molar-refractivity contribution >= 4 is 11.7 Å². The second kappa shape index (κ2) is 2.22. The molecule has 0 spiro atoms. The Bertz CT molecular complexity index is 384. The first-order chi connectivity index (χ1) is 6.00. The van der Waals surface area contributed by atoms with Crippen LogP contribution in [0.25, 0.3) is 0 Å². The highest BCUT2D eigenvalue weighted by Crippen LogP contribution is 2.28. The topological polar surface area (TPSA) is 68.0 Å². The molecule has 0 unspecified atom stereocenters. The van der Waals surface area contributed by atoms with E-state index in [1.165, 1.54) is 0 Å². The molecule has 0 aliphatic carbocycles. The highest BCUT2D eigenvalue weighted by molar-refractivity contribution is 5.99. The Hall–Kier alpha value is -1.58. The zero-order valence-corrected chi connectivity index (χ0v) is 7.59. The zero-order valence-electron chi connectivity index (χ0n) is 7.59. The summed E-state index contributed by atoms with van der Waals surface area (Å²) >= 11 is 0. The van der Waals surface area contributed by atoms with Crippen molar-refractivity contribution in [1.29, 1.82) is 0 Å². The lowest BCUT2D eigenvalue weighted by Gasteiger charge is -2.17. The van der Waals surface area contributed by atoms with Gasteiger partial charge in [0.15, 0.2) is 0 Å². The summed E-state index contributed by atoms with van der Waals surface area (Å²) in [5.74, 6) is 0.371. The van der Waals surface area contributed by atoms with Gasteiger partial charge in [-0.25, -0.2) is 4.98 Å². The SMILES string of the molecule is CC1(C)NC(=O)c2ccc(N)nc21. The van der Waals surface area contributed by atoms with Crippen LogP contribution in [0.1, 0.15) is 29.9 Å². The lowest BCUT2D eigenvalue weighted by molar-refractivity contribution is 0.0940. The van der Waals surface area contributed by atoms with Gasteiger partial charge in [0, 0.05) is 0 Å². The van der Waals surface area contributed by atoms with Gasteiger partial charge in [-0.15, -0.1) is 0 Å². The molecule has 68 valence electrons. The van der Waals surface area contributed by atoms with Crippen LogP contribution in [-0.2, 0) is 5.54 Å². The van der Waals surface area contributed by atoms with Crippen molar-refractivity contribution in [2.75, 3.05) is 5.73 Å². The minimum Gasteiger partial charge on any atom is -0.384 e. The normalized spacial score (nSPS) is 18.2. The van der Waals surface area contributed by atoms with Crippen LogP contribution in [-0.4, -0.2) is 10.9 Å². The van der Waals surface area contributed by atoms with Crippen LogP contribution in [0.4, 0.5) is 5.82 Å². The Labute approximate surface area is 76.2 Å². The molecular weight excluding hydrogens is 166 g/mol. The molecule has 0 bridgehead atoms. The van der Waals surface area contributed by atoms with Gasteiger partial charge in [-0.1, -0.05) is 0 Å². The maximum absolute atomic E-state index is 11.4. The summed E-state index contributed by atoms with van der Waals surface area (Å²) in [6.07, 6.45) is 0. The molecule has 2 heterocycles. The van der Waals surface area contributed by atoms with E-state index in [-0.39, 0.29) is 5.91 Å². The lowest BCUT2D eigenvalue weighted by Crippen LogP contribution is -2.33. The number of hydrogen-bond donors (Lipinski definition) is 2. The highest BCUT2D eigenvalue weighted by Gasteiger charge is 2.36. The Morgan fingerprint density at radius 3 is 2.85 bits per heavy atom. The average molecular weight is 177 g/mol. The summed E-state index contributed by atoms with van der Waals surface area (Å²) in [7, 11) is 0. The van der Waals surface area contributed by atoms with Crippen LogP contribution in [0.15, 0.2) is 12.1 Å². The minimum atomic E-state index is -0.401. The number of nitrogens with two attached hydrogens (primary N) is 1. The van der Waals surface area contributed by atoms with Crippen molar-refractivity contribution in [3.05, 3.63) is 23.4 Å². The number of nitrogens with one attached hydrogen (secondary N) is 1. The van der Waals surface area contributed by atoms with Gasteiger partial charge in [0.1, 0.15) is 5.82 Å². The van der Waals surface area contributed by atoms with E-state index < -0.39 is 5.54 Å². The molecule has 3 N–H and O–H groups in total. The molecule has 0 saturated carbocycles. The fourth-order valence-electron chi connectivity index (χ4n) is 1.54. The largest absolute Gasteiger partial charge is 0.384 e. The number of carbonyl (C=O) groups is 1. The first-order valence-electron chi connectivity index (χ1n) is 4.10. The number of nitrogens with zero attached hydrogens (tertiary/aromatic N) is 1. The molecule has 1 aromatic heterocycles. The maximum Gasteiger partial charge on any atom is 0.253 e. The van der Waals surface area contributed by atoms with Crippen molar-refractivity contribution in [3.63, 3.8) is 0 Å². The molecule has 13 heavy (non-hydrogen) atoms. The molecule has 1 amide bonds. The standard InChI is InChI=1S/C9H11N3O/c1-9(2)7-5(8(13)12-9)3-4-6(10)11-7/h3-4H,1-2H3,(H2,10,11)(H,12,13). The third kappa shape index (κ3) is 1.06. The molecule has 1 aliphatic heterocycles. The molecule has 0 atom stereocenters. The van der Waals surface area contributed by atoms with E-state index in [9.17, 15) is 4.79 Å². The smallest absolute Gasteiger partial charge is 0.253 e. The second-order valence-corrected chi connectivity index (χ2v) is 3.71. The number of carbonyl (C=O) groups excluding carboxylic acids is 1. The molecule has 4 nitrogen and oxygen atoms in total. The van der Waals surface area contributed by atoms with Crippen LogP contribution >= 0.6 is 0 Å². The Kier molecular flexibility index (Phi) is 1.37. The molecular formula is C9H11N3O. The van der Waals surface area contributed by atoms with Gasteiger partial charge in [0.25, 0.3) is 5.91 Å². The van der Waals surface area contributed by atoms with Crippen molar-refractivity contribution in [3.8, 4) is 0 Å². The molecule has 4 heteroatoms. The van der Waals surface area contributed by atoms with E-state index in [4.69, 9.17) is 5.73 Å². The Morgan fingerprint density at radius 1 is 1.46 bits per heavy atom. The van der Waals surface area contributed by atoms with Gasteiger partial charge >= 0.3 is 0 Å². The number of fused-ring (bicyclic) bond motifs is 1. The molecule has 0 radical (unpaired) electrons. The van der Waals surface area contributed by atoms with Crippen LogP contribution in [0.5, 0.6) is 0 Å². The van der Waals surface area contributed by atoms with Gasteiger partial charge in [-0.05, 0) is 26.0 Å². The molecule has 1 aromatic rings. The number of hydrogen-bond acceptors (Lipinski definition) is 3. The average Bonchev–Trinajstić information content (AvgIpc) is 2.23. The maximum atomic E-state index is 11.4. The second-order valence-electron chi connectivity index (χ2n) is 3.71. The third-order valence-corrected chi connectivity index (χ3v) is 2.18. The van der Waals surface area contributed by atoms with Gasteiger partial charge in [0.05, 0.1) is 16.8 Å². The van der Waals surface area contributed by atoms with Crippen molar-refractivity contribution in [2.45, 2.75) is 19.4 Å². The van der Waals surface area contributed by atoms with Crippen LogP contribution in [0, 0.1) is 0 Å². The molecule has 2 rings (SSSR count). The predicted octanol–water partition coefficient (Wildman–Crippen LogP) is 0.642.